The summed E-state index contributed by atoms with van der Waals surface area (Å²) in [6.45, 7) is 1.07. The molecule has 140 valence electrons. The number of piperidine rings is 1. The number of sulfonamides is 1. The van der Waals surface area contributed by atoms with Crippen molar-refractivity contribution in [3.8, 4) is 0 Å². The van der Waals surface area contributed by atoms with E-state index in [1.807, 2.05) is 6.07 Å². The van der Waals surface area contributed by atoms with Gasteiger partial charge in [-0.25, -0.2) is 8.42 Å². The maximum Gasteiger partial charge on any atom is 0.243 e. The fourth-order valence-electron chi connectivity index (χ4n) is 3.12. The Morgan fingerprint density at radius 2 is 1.88 bits per heavy atom. The summed E-state index contributed by atoms with van der Waals surface area (Å²) in [5.41, 5.74) is 0. The molecule has 2 aromatic rings. The van der Waals surface area contributed by atoms with Gasteiger partial charge in [0.05, 0.1) is 17.7 Å². The van der Waals surface area contributed by atoms with Crippen molar-refractivity contribution in [1.82, 2.24) is 9.21 Å². The Morgan fingerprint density at radius 3 is 2.46 bits per heavy atom. The zero-order valence-corrected chi connectivity index (χ0v) is 16.0. The van der Waals surface area contributed by atoms with Crippen molar-refractivity contribution >= 4 is 27.5 Å². The van der Waals surface area contributed by atoms with E-state index in [4.69, 9.17) is 16.0 Å². The van der Waals surface area contributed by atoms with Crippen molar-refractivity contribution in [3.05, 3.63) is 53.4 Å². The molecule has 0 atom stereocenters. The fraction of sp³-hybridized carbons (Fsp3) is 0.389. The molecule has 0 saturated carbocycles. The second-order valence-corrected chi connectivity index (χ2v) is 8.78. The third kappa shape index (κ3) is 4.11. The van der Waals surface area contributed by atoms with E-state index in [1.54, 1.807) is 36.4 Å². The molecule has 0 unspecified atom stereocenters. The van der Waals surface area contributed by atoms with Crippen molar-refractivity contribution < 1.29 is 17.6 Å². The minimum Gasteiger partial charge on any atom is -0.467 e. The van der Waals surface area contributed by atoms with Gasteiger partial charge in [-0.3, -0.25) is 4.79 Å². The SMILES string of the molecule is CN(Cc1ccco1)C(=O)C1CCN(S(=O)(=O)c2ccc(Cl)cc2)CC1. The summed E-state index contributed by atoms with van der Waals surface area (Å²) in [7, 11) is -1.82. The normalized spacial score (nSPS) is 16.5. The van der Waals surface area contributed by atoms with Crippen molar-refractivity contribution in [2.45, 2.75) is 24.3 Å². The zero-order chi connectivity index (χ0) is 18.7. The Balaban J connectivity index is 1.59. The number of benzene rings is 1. The van der Waals surface area contributed by atoms with E-state index in [0.29, 0.717) is 37.5 Å². The summed E-state index contributed by atoms with van der Waals surface area (Å²) in [5, 5.41) is 0.493. The van der Waals surface area contributed by atoms with Crippen LogP contribution < -0.4 is 0 Å². The lowest BCUT2D eigenvalue weighted by Crippen LogP contribution is -2.43. The highest BCUT2D eigenvalue weighted by atomic mass is 35.5. The second kappa shape index (κ2) is 7.82. The lowest BCUT2D eigenvalue weighted by atomic mass is 9.96. The van der Waals surface area contributed by atoms with Gasteiger partial charge in [-0.1, -0.05) is 11.6 Å². The molecule has 0 radical (unpaired) electrons. The molecule has 1 aliphatic heterocycles. The quantitative estimate of drug-likeness (QED) is 0.778. The molecular weight excluding hydrogens is 376 g/mol. The van der Waals surface area contributed by atoms with Crippen LogP contribution in [0.25, 0.3) is 0 Å². The van der Waals surface area contributed by atoms with Gasteiger partial charge in [0.15, 0.2) is 0 Å². The van der Waals surface area contributed by atoms with Crippen molar-refractivity contribution in [2.24, 2.45) is 5.92 Å². The number of hydrogen-bond acceptors (Lipinski definition) is 4. The van der Waals surface area contributed by atoms with Crippen molar-refractivity contribution in [2.75, 3.05) is 20.1 Å². The Hall–Kier alpha value is -1.83. The first-order valence-corrected chi connectivity index (χ1v) is 10.2. The number of rotatable bonds is 5. The fourth-order valence-corrected chi connectivity index (χ4v) is 4.72. The Labute approximate surface area is 158 Å². The van der Waals surface area contributed by atoms with Crippen molar-refractivity contribution in [1.29, 1.82) is 0 Å². The van der Waals surface area contributed by atoms with Crippen LogP contribution in [0.15, 0.2) is 52.0 Å². The molecule has 0 bridgehead atoms. The van der Waals surface area contributed by atoms with E-state index in [2.05, 4.69) is 0 Å². The van der Waals surface area contributed by atoms with Crippen molar-refractivity contribution in [3.63, 3.8) is 0 Å². The van der Waals surface area contributed by atoms with Crippen LogP contribution >= 0.6 is 11.6 Å². The molecule has 1 aromatic carbocycles. The summed E-state index contributed by atoms with van der Waals surface area (Å²) in [6, 6.07) is 9.75. The van der Waals surface area contributed by atoms with Gasteiger partial charge in [0.1, 0.15) is 5.76 Å². The molecule has 2 heterocycles. The third-order valence-corrected chi connectivity index (χ3v) is 6.77. The standard InChI is InChI=1S/C18H21ClN2O4S/c1-20(13-16-3-2-12-25-16)18(22)14-8-10-21(11-9-14)26(23,24)17-6-4-15(19)5-7-17/h2-7,12,14H,8-11,13H2,1H3. The van der Waals surface area contributed by atoms with Crippen LogP contribution in [-0.2, 0) is 21.4 Å². The summed E-state index contributed by atoms with van der Waals surface area (Å²) < 4.78 is 32.1. The molecule has 3 rings (SSSR count). The molecule has 1 aromatic heterocycles. The highest BCUT2D eigenvalue weighted by Crippen LogP contribution is 2.26. The monoisotopic (exact) mass is 396 g/mol. The largest absolute Gasteiger partial charge is 0.467 e. The number of carbonyl (C=O) groups is 1. The molecule has 1 aliphatic rings. The topological polar surface area (TPSA) is 70.8 Å². The molecule has 6 nitrogen and oxygen atoms in total. The summed E-state index contributed by atoms with van der Waals surface area (Å²) in [5.74, 6) is 0.570. The van der Waals surface area contributed by atoms with Gasteiger partial charge in [0, 0.05) is 31.1 Å². The van der Waals surface area contributed by atoms with E-state index in [0.717, 1.165) is 5.76 Å². The Kier molecular flexibility index (Phi) is 5.70. The lowest BCUT2D eigenvalue weighted by Gasteiger charge is -2.32. The molecule has 1 fully saturated rings. The summed E-state index contributed by atoms with van der Waals surface area (Å²) >= 11 is 5.82. The average molecular weight is 397 g/mol. The van der Waals surface area contributed by atoms with Crippen LogP contribution in [0, 0.1) is 5.92 Å². The maximum atomic E-state index is 12.7. The second-order valence-electron chi connectivity index (χ2n) is 6.41. The molecule has 0 spiro atoms. The number of halogens is 1. The van der Waals surface area contributed by atoms with Gasteiger partial charge in [0.2, 0.25) is 15.9 Å². The molecular formula is C18H21ClN2O4S. The zero-order valence-electron chi connectivity index (χ0n) is 14.5. The highest BCUT2D eigenvalue weighted by molar-refractivity contribution is 7.89. The molecule has 0 aliphatic carbocycles. The van der Waals surface area contributed by atoms with Crippen LogP contribution in [0.3, 0.4) is 0 Å². The van der Waals surface area contributed by atoms with E-state index in [-0.39, 0.29) is 16.7 Å². The number of nitrogens with zero attached hydrogens (tertiary/aromatic N) is 2. The first kappa shape index (κ1) is 18.9. The summed E-state index contributed by atoms with van der Waals surface area (Å²) in [4.78, 5) is 14.4. The molecule has 0 N–H and O–H groups in total. The van der Waals surface area contributed by atoms with Gasteiger partial charge >= 0.3 is 0 Å². The first-order chi connectivity index (χ1) is 12.4. The number of amides is 1. The van der Waals surface area contributed by atoms with Crippen LogP contribution in [0.2, 0.25) is 5.02 Å². The van der Waals surface area contributed by atoms with Gasteiger partial charge < -0.3 is 9.32 Å². The molecule has 8 heteroatoms. The number of carbonyl (C=O) groups excluding carboxylic acids is 1. The van der Waals surface area contributed by atoms with Crippen LogP contribution in [0.5, 0.6) is 0 Å². The average Bonchev–Trinajstić information content (AvgIpc) is 3.14. The van der Waals surface area contributed by atoms with Gasteiger partial charge in [-0.05, 0) is 49.2 Å². The number of furan rings is 1. The van der Waals surface area contributed by atoms with E-state index in [1.165, 1.54) is 16.4 Å². The van der Waals surface area contributed by atoms with Crippen LogP contribution in [0.4, 0.5) is 0 Å². The maximum absolute atomic E-state index is 12.7. The highest BCUT2D eigenvalue weighted by Gasteiger charge is 2.33. The minimum atomic E-state index is -3.55. The molecule has 26 heavy (non-hydrogen) atoms. The van der Waals surface area contributed by atoms with Crippen LogP contribution in [-0.4, -0.2) is 43.7 Å². The minimum absolute atomic E-state index is 0.0185. The van der Waals surface area contributed by atoms with E-state index in [9.17, 15) is 13.2 Å². The predicted molar refractivity (Wildman–Crippen MR) is 98.1 cm³/mol. The van der Waals surface area contributed by atoms with E-state index < -0.39 is 10.0 Å². The first-order valence-electron chi connectivity index (χ1n) is 8.41. The predicted octanol–water partition coefficient (Wildman–Crippen LogP) is 2.99. The lowest BCUT2D eigenvalue weighted by molar-refractivity contribution is -0.136. The smallest absolute Gasteiger partial charge is 0.243 e. The number of hydrogen-bond donors (Lipinski definition) is 0. The van der Waals surface area contributed by atoms with E-state index >= 15 is 0 Å². The molecule has 1 amide bonds. The molecule has 1 saturated heterocycles. The Bertz CT molecular complexity index is 842. The van der Waals surface area contributed by atoms with Gasteiger partial charge in [0.25, 0.3) is 0 Å². The van der Waals surface area contributed by atoms with Gasteiger partial charge in [-0.2, -0.15) is 4.31 Å². The third-order valence-electron chi connectivity index (χ3n) is 4.60. The summed E-state index contributed by atoms with van der Waals surface area (Å²) in [6.07, 6.45) is 2.59. The Morgan fingerprint density at radius 1 is 1.23 bits per heavy atom. The van der Waals surface area contributed by atoms with Gasteiger partial charge in [-0.15, -0.1) is 0 Å². The van der Waals surface area contributed by atoms with Crippen LogP contribution in [0.1, 0.15) is 18.6 Å².